The number of methoxy groups -OCH3 is 1. The van der Waals surface area contributed by atoms with Crippen LogP contribution in [-0.4, -0.2) is 31.0 Å². The second-order valence-electron chi connectivity index (χ2n) is 7.15. The predicted molar refractivity (Wildman–Crippen MR) is 111 cm³/mol. The number of hydrazone groups is 1. The Balaban J connectivity index is 1.77. The van der Waals surface area contributed by atoms with Crippen LogP contribution in [0.2, 0.25) is 0 Å². The van der Waals surface area contributed by atoms with Crippen molar-refractivity contribution in [3.8, 4) is 0 Å². The van der Waals surface area contributed by atoms with E-state index in [4.69, 9.17) is 0 Å². The van der Waals surface area contributed by atoms with Crippen molar-refractivity contribution in [3.63, 3.8) is 0 Å². The first kappa shape index (κ1) is 21.6. The zero-order valence-corrected chi connectivity index (χ0v) is 16.8. The molecule has 0 aliphatic carbocycles. The van der Waals surface area contributed by atoms with Gasteiger partial charge in [0.1, 0.15) is 5.71 Å². The monoisotopic (exact) mass is 416 g/mol. The summed E-state index contributed by atoms with van der Waals surface area (Å²) in [7, 11) is 1.22. The molecule has 0 radical (unpaired) electrons. The van der Waals surface area contributed by atoms with Gasteiger partial charge in [-0.3, -0.25) is 9.80 Å². The highest BCUT2D eigenvalue weighted by Gasteiger charge is 2.48. The van der Waals surface area contributed by atoms with E-state index in [0.29, 0.717) is 12.1 Å². The van der Waals surface area contributed by atoms with Crippen LogP contribution in [0.3, 0.4) is 0 Å². The maximum absolute atomic E-state index is 13.4. The molecule has 2 aromatic rings. The standard InChI is InChI=1S/C23H23F3N2O2/c1-16-20(15-21(29)30-2)28(27-22(16)23(24,25)26)19-13-11-18(12-14-19)10-6-9-17-7-4-3-5-8-17/h3-9,11-14,16,20H,10,15H2,1-2H3/t16-,20-/m0/s1. The van der Waals surface area contributed by atoms with Gasteiger partial charge in [0.25, 0.3) is 0 Å². The van der Waals surface area contributed by atoms with Crippen LogP contribution in [-0.2, 0) is 16.0 Å². The van der Waals surface area contributed by atoms with Crippen LogP contribution in [0.5, 0.6) is 0 Å². The Bertz CT molecular complexity index is 922. The Kier molecular flexibility index (Phi) is 6.59. The summed E-state index contributed by atoms with van der Waals surface area (Å²) >= 11 is 0. The zero-order chi connectivity index (χ0) is 21.7. The average molecular weight is 416 g/mol. The van der Waals surface area contributed by atoms with E-state index < -0.39 is 29.8 Å². The normalized spacial score (nSPS) is 19.2. The number of carbonyl (C=O) groups excluding carboxylic acids is 1. The molecule has 1 heterocycles. The maximum Gasteiger partial charge on any atom is 0.431 e. The number of hydrogen-bond donors (Lipinski definition) is 0. The fourth-order valence-corrected chi connectivity index (χ4v) is 3.44. The molecule has 0 aromatic heterocycles. The van der Waals surface area contributed by atoms with Crippen LogP contribution in [0.25, 0.3) is 6.08 Å². The molecule has 30 heavy (non-hydrogen) atoms. The topological polar surface area (TPSA) is 41.9 Å². The molecule has 0 spiro atoms. The third-order valence-corrected chi connectivity index (χ3v) is 5.10. The van der Waals surface area contributed by atoms with Crippen molar-refractivity contribution in [2.24, 2.45) is 11.0 Å². The van der Waals surface area contributed by atoms with Crippen LogP contribution >= 0.6 is 0 Å². The summed E-state index contributed by atoms with van der Waals surface area (Å²) in [5, 5.41) is 5.10. The van der Waals surface area contributed by atoms with Gasteiger partial charge >= 0.3 is 12.1 Å². The number of nitrogens with zero attached hydrogens (tertiary/aromatic N) is 2. The molecule has 0 N–H and O–H groups in total. The summed E-state index contributed by atoms with van der Waals surface area (Å²) < 4.78 is 44.7. The van der Waals surface area contributed by atoms with E-state index in [-0.39, 0.29) is 6.42 Å². The van der Waals surface area contributed by atoms with Gasteiger partial charge in [0, 0.05) is 5.92 Å². The summed E-state index contributed by atoms with van der Waals surface area (Å²) in [6, 6.07) is 16.3. The van der Waals surface area contributed by atoms with Crippen molar-refractivity contribution in [1.82, 2.24) is 0 Å². The van der Waals surface area contributed by atoms with Crippen molar-refractivity contribution in [2.75, 3.05) is 12.1 Å². The molecule has 158 valence electrons. The van der Waals surface area contributed by atoms with Gasteiger partial charge in [-0.05, 0) is 29.7 Å². The minimum atomic E-state index is -4.55. The highest BCUT2D eigenvalue weighted by molar-refractivity contribution is 5.96. The first-order chi connectivity index (χ1) is 14.3. The molecule has 0 saturated heterocycles. The number of esters is 1. The van der Waals surface area contributed by atoms with Crippen molar-refractivity contribution in [2.45, 2.75) is 32.0 Å². The largest absolute Gasteiger partial charge is 0.469 e. The number of halogens is 3. The molecule has 2 aromatic carbocycles. The number of ether oxygens (including phenoxy) is 1. The Morgan fingerprint density at radius 1 is 1.13 bits per heavy atom. The van der Waals surface area contributed by atoms with E-state index in [1.165, 1.54) is 19.0 Å². The predicted octanol–water partition coefficient (Wildman–Crippen LogP) is 5.25. The van der Waals surface area contributed by atoms with E-state index >= 15 is 0 Å². The minimum absolute atomic E-state index is 0.178. The molecule has 0 saturated carbocycles. The van der Waals surface area contributed by atoms with Crippen molar-refractivity contribution >= 4 is 23.4 Å². The van der Waals surface area contributed by atoms with Gasteiger partial charge in [-0.1, -0.05) is 61.5 Å². The van der Waals surface area contributed by atoms with Crippen LogP contribution in [0.4, 0.5) is 18.9 Å². The van der Waals surface area contributed by atoms with E-state index in [0.717, 1.165) is 11.1 Å². The first-order valence-electron chi connectivity index (χ1n) is 9.62. The molecule has 0 unspecified atom stereocenters. The number of rotatable bonds is 6. The van der Waals surface area contributed by atoms with Crippen molar-refractivity contribution in [1.29, 1.82) is 0 Å². The quantitative estimate of drug-likeness (QED) is 0.604. The highest BCUT2D eigenvalue weighted by atomic mass is 19.4. The van der Waals surface area contributed by atoms with Crippen LogP contribution in [0.1, 0.15) is 24.5 Å². The summed E-state index contributed by atoms with van der Waals surface area (Å²) in [5.41, 5.74) is 1.74. The first-order valence-corrected chi connectivity index (χ1v) is 9.62. The van der Waals surface area contributed by atoms with E-state index in [2.05, 4.69) is 9.84 Å². The molecule has 1 aliphatic heterocycles. The number of benzene rings is 2. The van der Waals surface area contributed by atoms with Gasteiger partial charge in [-0.2, -0.15) is 18.3 Å². The number of allylic oxidation sites excluding steroid dienone is 1. The molecule has 0 fully saturated rings. The third-order valence-electron chi connectivity index (χ3n) is 5.10. The Labute approximate surface area is 173 Å². The summed E-state index contributed by atoms with van der Waals surface area (Å²) in [5.74, 6) is -1.52. The van der Waals surface area contributed by atoms with Crippen LogP contribution < -0.4 is 5.01 Å². The number of alkyl halides is 3. The molecule has 4 nitrogen and oxygen atoms in total. The summed E-state index contributed by atoms with van der Waals surface area (Å²) in [4.78, 5) is 11.7. The Hall–Kier alpha value is -3.09. The van der Waals surface area contributed by atoms with Crippen molar-refractivity contribution in [3.05, 3.63) is 71.8 Å². The summed E-state index contributed by atoms with van der Waals surface area (Å²) in [6.45, 7) is 1.43. The second kappa shape index (κ2) is 9.15. The molecule has 1 aliphatic rings. The average Bonchev–Trinajstić information content (AvgIpc) is 3.06. The van der Waals surface area contributed by atoms with Crippen molar-refractivity contribution < 1.29 is 22.7 Å². The Morgan fingerprint density at radius 3 is 2.40 bits per heavy atom. The molecule has 2 atom stereocenters. The third kappa shape index (κ3) is 5.09. The van der Waals surface area contributed by atoms with Gasteiger partial charge < -0.3 is 4.74 Å². The lowest BCUT2D eigenvalue weighted by atomic mass is 9.94. The summed E-state index contributed by atoms with van der Waals surface area (Å²) in [6.07, 6.45) is 0.00580. The number of carbonyl (C=O) groups is 1. The molecule has 0 bridgehead atoms. The van der Waals surface area contributed by atoms with E-state index in [1.54, 1.807) is 12.1 Å². The molecule has 7 heteroatoms. The number of hydrogen-bond acceptors (Lipinski definition) is 4. The van der Waals surface area contributed by atoms with Crippen LogP contribution in [0.15, 0.2) is 65.8 Å². The van der Waals surface area contributed by atoms with E-state index in [9.17, 15) is 18.0 Å². The van der Waals surface area contributed by atoms with Gasteiger partial charge in [0.05, 0.1) is 25.3 Å². The molecule has 3 rings (SSSR count). The molecular weight excluding hydrogens is 393 g/mol. The van der Waals surface area contributed by atoms with Gasteiger partial charge in [0.2, 0.25) is 0 Å². The lowest BCUT2D eigenvalue weighted by molar-refractivity contribution is -0.141. The molecular formula is C23H23F3N2O2. The minimum Gasteiger partial charge on any atom is -0.469 e. The second-order valence-corrected chi connectivity index (χ2v) is 7.15. The maximum atomic E-state index is 13.4. The highest BCUT2D eigenvalue weighted by Crippen LogP contribution is 2.36. The van der Waals surface area contributed by atoms with Gasteiger partial charge in [0.15, 0.2) is 0 Å². The smallest absolute Gasteiger partial charge is 0.431 e. The lowest BCUT2D eigenvalue weighted by Crippen LogP contribution is -2.37. The van der Waals surface area contributed by atoms with E-state index in [1.807, 2.05) is 54.6 Å². The fraction of sp³-hybridized carbons (Fsp3) is 0.304. The fourth-order valence-electron chi connectivity index (χ4n) is 3.44. The van der Waals surface area contributed by atoms with Gasteiger partial charge in [-0.15, -0.1) is 0 Å². The SMILES string of the molecule is COC(=O)C[C@H]1[C@H](C)C(C(F)(F)F)=NN1c1ccc(CC=Cc2ccccc2)cc1. The molecule has 0 amide bonds. The van der Waals surface area contributed by atoms with Crippen LogP contribution in [0, 0.1) is 5.92 Å². The Morgan fingerprint density at radius 2 is 1.80 bits per heavy atom. The number of anilines is 1. The zero-order valence-electron chi connectivity index (χ0n) is 16.8. The van der Waals surface area contributed by atoms with Gasteiger partial charge in [-0.25, -0.2) is 0 Å². The lowest BCUT2D eigenvalue weighted by Gasteiger charge is -2.25.